The number of benzene rings is 1. The number of rotatable bonds is 8. The molecule has 1 aromatic heterocycles. The normalized spacial score (nSPS) is 11.9. The third kappa shape index (κ3) is 5.49. The van der Waals surface area contributed by atoms with Crippen LogP contribution >= 0.6 is 0 Å². The van der Waals surface area contributed by atoms with Crippen LogP contribution in [-0.4, -0.2) is 16.0 Å². The van der Waals surface area contributed by atoms with Crippen LogP contribution in [0.1, 0.15) is 48.9 Å². The zero-order valence-electron chi connectivity index (χ0n) is 13.5. The third-order valence-electron chi connectivity index (χ3n) is 3.84. The first kappa shape index (κ1) is 17.2. The van der Waals surface area contributed by atoms with Crippen molar-refractivity contribution in [2.45, 2.75) is 45.3 Å². The van der Waals surface area contributed by atoms with Crippen molar-refractivity contribution in [3.8, 4) is 0 Å². The fourth-order valence-electron chi connectivity index (χ4n) is 2.51. The highest BCUT2D eigenvalue weighted by Gasteiger charge is 2.14. The van der Waals surface area contributed by atoms with Crippen LogP contribution < -0.4 is 5.32 Å². The number of nitrogens with one attached hydrogen (secondary N) is 1. The Morgan fingerprint density at radius 2 is 1.96 bits per heavy atom. The SMILES string of the molecule is CCCC[C@@H](NC(=O)Cc1ccc(CO)cc1)c1cccnc1. The van der Waals surface area contributed by atoms with Gasteiger partial charge in [0.05, 0.1) is 19.1 Å². The number of aromatic nitrogens is 1. The van der Waals surface area contributed by atoms with Crippen LogP contribution in [0.5, 0.6) is 0 Å². The largest absolute Gasteiger partial charge is 0.392 e. The van der Waals surface area contributed by atoms with Crippen molar-refractivity contribution < 1.29 is 9.90 Å². The Morgan fingerprint density at radius 3 is 2.57 bits per heavy atom. The highest BCUT2D eigenvalue weighted by Crippen LogP contribution is 2.18. The third-order valence-corrected chi connectivity index (χ3v) is 3.84. The van der Waals surface area contributed by atoms with E-state index in [4.69, 9.17) is 5.11 Å². The van der Waals surface area contributed by atoms with Crippen molar-refractivity contribution in [3.63, 3.8) is 0 Å². The highest BCUT2D eigenvalue weighted by atomic mass is 16.3. The Hall–Kier alpha value is -2.20. The molecule has 1 atom stereocenters. The molecule has 1 amide bonds. The van der Waals surface area contributed by atoms with Crippen molar-refractivity contribution in [2.24, 2.45) is 0 Å². The van der Waals surface area contributed by atoms with Gasteiger partial charge in [-0.15, -0.1) is 0 Å². The van der Waals surface area contributed by atoms with Gasteiger partial charge in [-0.1, -0.05) is 50.1 Å². The lowest BCUT2D eigenvalue weighted by molar-refractivity contribution is -0.121. The van der Waals surface area contributed by atoms with E-state index < -0.39 is 0 Å². The van der Waals surface area contributed by atoms with Crippen molar-refractivity contribution in [3.05, 3.63) is 65.5 Å². The zero-order chi connectivity index (χ0) is 16.5. The standard InChI is InChI=1S/C19H24N2O2/c1-2-3-6-18(17-5-4-11-20-13-17)21-19(23)12-15-7-9-16(14-22)10-8-15/h4-5,7-11,13,18,22H,2-3,6,12,14H2,1H3,(H,21,23)/t18-/m1/s1. The van der Waals surface area contributed by atoms with E-state index in [0.29, 0.717) is 6.42 Å². The number of unbranched alkanes of at least 4 members (excludes halogenated alkanes) is 1. The predicted octanol–water partition coefficient (Wildman–Crippen LogP) is 3.16. The average molecular weight is 312 g/mol. The number of carbonyl (C=O) groups excluding carboxylic acids is 1. The summed E-state index contributed by atoms with van der Waals surface area (Å²) in [6, 6.07) is 11.4. The summed E-state index contributed by atoms with van der Waals surface area (Å²) in [4.78, 5) is 16.5. The number of amides is 1. The summed E-state index contributed by atoms with van der Waals surface area (Å²) < 4.78 is 0. The minimum absolute atomic E-state index is 0.00621. The quantitative estimate of drug-likeness (QED) is 0.787. The van der Waals surface area contributed by atoms with Crippen LogP contribution in [0.3, 0.4) is 0 Å². The Balaban J connectivity index is 1.98. The predicted molar refractivity (Wildman–Crippen MR) is 90.7 cm³/mol. The minimum Gasteiger partial charge on any atom is -0.392 e. The van der Waals surface area contributed by atoms with E-state index in [1.54, 1.807) is 6.20 Å². The molecule has 0 bridgehead atoms. The first-order valence-electron chi connectivity index (χ1n) is 8.11. The van der Waals surface area contributed by atoms with Gasteiger partial charge in [0.1, 0.15) is 0 Å². The van der Waals surface area contributed by atoms with E-state index in [1.807, 2.05) is 42.6 Å². The Morgan fingerprint density at radius 1 is 1.22 bits per heavy atom. The van der Waals surface area contributed by atoms with Gasteiger partial charge in [0.2, 0.25) is 5.91 Å². The number of hydrogen-bond donors (Lipinski definition) is 2. The molecule has 0 saturated heterocycles. The molecule has 1 heterocycles. The molecule has 0 fully saturated rings. The molecule has 0 saturated carbocycles. The van der Waals surface area contributed by atoms with Gasteiger partial charge in [0.15, 0.2) is 0 Å². The van der Waals surface area contributed by atoms with Crippen molar-refractivity contribution in [1.82, 2.24) is 10.3 Å². The minimum atomic E-state index is 0.00621. The Kier molecular flexibility index (Phi) is 6.76. The summed E-state index contributed by atoms with van der Waals surface area (Å²) in [5.74, 6) is 0.00621. The summed E-state index contributed by atoms with van der Waals surface area (Å²) >= 11 is 0. The smallest absolute Gasteiger partial charge is 0.224 e. The van der Waals surface area contributed by atoms with Crippen LogP contribution in [0.25, 0.3) is 0 Å². The van der Waals surface area contributed by atoms with E-state index in [-0.39, 0.29) is 18.6 Å². The van der Waals surface area contributed by atoms with Gasteiger partial charge >= 0.3 is 0 Å². The molecule has 0 aliphatic heterocycles. The maximum Gasteiger partial charge on any atom is 0.224 e. The van der Waals surface area contributed by atoms with Crippen LogP contribution in [0.4, 0.5) is 0 Å². The molecule has 2 N–H and O–H groups in total. The number of aliphatic hydroxyl groups excluding tert-OH is 1. The molecule has 2 aromatic rings. The summed E-state index contributed by atoms with van der Waals surface area (Å²) in [7, 11) is 0. The molecule has 122 valence electrons. The van der Waals surface area contributed by atoms with Gasteiger partial charge in [-0.3, -0.25) is 9.78 Å². The van der Waals surface area contributed by atoms with E-state index in [9.17, 15) is 4.79 Å². The van der Waals surface area contributed by atoms with Gasteiger partial charge in [-0.05, 0) is 29.2 Å². The molecule has 4 nitrogen and oxygen atoms in total. The fraction of sp³-hybridized carbons (Fsp3) is 0.368. The lowest BCUT2D eigenvalue weighted by atomic mass is 10.0. The fourth-order valence-corrected chi connectivity index (χ4v) is 2.51. The lowest BCUT2D eigenvalue weighted by Gasteiger charge is -2.19. The molecular formula is C19H24N2O2. The number of carbonyl (C=O) groups is 1. The first-order valence-corrected chi connectivity index (χ1v) is 8.11. The molecule has 1 aromatic carbocycles. The summed E-state index contributed by atoms with van der Waals surface area (Å²) in [6.45, 7) is 2.16. The lowest BCUT2D eigenvalue weighted by Crippen LogP contribution is -2.30. The number of aliphatic hydroxyl groups is 1. The van der Waals surface area contributed by atoms with E-state index in [2.05, 4.69) is 17.2 Å². The molecule has 0 unspecified atom stereocenters. The van der Waals surface area contributed by atoms with Crippen molar-refractivity contribution in [2.75, 3.05) is 0 Å². The molecule has 0 radical (unpaired) electrons. The van der Waals surface area contributed by atoms with E-state index >= 15 is 0 Å². The molecule has 2 rings (SSSR count). The van der Waals surface area contributed by atoms with Crippen LogP contribution in [-0.2, 0) is 17.8 Å². The second-order valence-electron chi connectivity index (χ2n) is 5.70. The van der Waals surface area contributed by atoms with Crippen molar-refractivity contribution in [1.29, 1.82) is 0 Å². The summed E-state index contributed by atoms with van der Waals surface area (Å²) in [5, 5.41) is 12.2. The highest BCUT2D eigenvalue weighted by molar-refractivity contribution is 5.79. The molecule has 0 aliphatic rings. The summed E-state index contributed by atoms with van der Waals surface area (Å²) in [6.07, 6.45) is 6.97. The van der Waals surface area contributed by atoms with Crippen LogP contribution in [0.15, 0.2) is 48.8 Å². The average Bonchev–Trinajstić information content (AvgIpc) is 2.60. The Bertz CT molecular complexity index is 597. The topological polar surface area (TPSA) is 62.2 Å². The Labute approximate surface area is 137 Å². The summed E-state index contributed by atoms with van der Waals surface area (Å²) in [5.41, 5.74) is 2.84. The van der Waals surface area contributed by atoms with Gasteiger partial charge in [0, 0.05) is 12.4 Å². The monoisotopic (exact) mass is 312 g/mol. The number of pyridine rings is 1. The maximum atomic E-state index is 12.3. The van der Waals surface area contributed by atoms with Gasteiger partial charge in [0.25, 0.3) is 0 Å². The molecular weight excluding hydrogens is 288 g/mol. The molecule has 4 heteroatoms. The number of nitrogens with zero attached hydrogens (tertiary/aromatic N) is 1. The first-order chi connectivity index (χ1) is 11.2. The van der Waals surface area contributed by atoms with Gasteiger partial charge in [-0.2, -0.15) is 0 Å². The van der Waals surface area contributed by atoms with Gasteiger partial charge < -0.3 is 10.4 Å². The molecule has 0 spiro atoms. The number of hydrogen-bond acceptors (Lipinski definition) is 3. The van der Waals surface area contributed by atoms with Crippen LogP contribution in [0.2, 0.25) is 0 Å². The zero-order valence-corrected chi connectivity index (χ0v) is 13.5. The maximum absolute atomic E-state index is 12.3. The van der Waals surface area contributed by atoms with Gasteiger partial charge in [-0.25, -0.2) is 0 Å². The van der Waals surface area contributed by atoms with E-state index in [0.717, 1.165) is 36.0 Å². The molecule has 0 aliphatic carbocycles. The second kappa shape index (κ2) is 9.06. The molecule has 23 heavy (non-hydrogen) atoms. The second-order valence-corrected chi connectivity index (χ2v) is 5.70. The van der Waals surface area contributed by atoms with Crippen molar-refractivity contribution >= 4 is 5.91 Å². The van der Waals surface area contributed by atoms with Crippen LogP contribution in [0, 0.1) is 0 Å². The van der Waals surface area contributed by atoms with E-state index in [1.165, 1.54) is 0 Å².